The Hall–Kier alpha value is -2.03. The van der Waals surface area contributed by atoms with Crippen LogP contribution in [0.25, 0.3) is 11.3 Å². The van der Waals surface area contributed by atoms with Crippen LogP contribution in [0.2, 0.25) is 0 Å². The van der Waals surface area contributed by atoms with Crippen molar-refractivity contribution in [3.63, 3.8) is 0 Å². The predicted molar refractivity (Wildman–Crippen MR) is 68.4 cm³/mol. The second-order valence-electron chi connectivity index (χ2n) is 3.92. The monoisotopic (exact) mass is 213 g/mol. The number of nitrogens with zero attached hydrogens (tertiary/aromatic N) is 2. The summed E-state index contributed by atoms with van der Waals surface area (Å²) in [5, 5.41) is 0. The minimum atomic E-state index is 0.736. The molecule has 1 aromatic heterocycles. The smallest absolute Gasteiger partial charge is 0.0723 e. The van der Waals surface area contributed by atoms with E-state index in [1.165, 1.54) is 0 Å². The predicted octanol–water partition coefficient (Wildman–Crippen LogP) is 2.40. The van der Waals surface area contributed by atoms with Crippen molar-refractivity contribution in [2.45, 2.75) is 0 Å². The van der Waals surface area contributed by atoms with Crippen LogP contribution in [-0.4, -0.2) is 19.1 Å². The zero-order valence-corrected chi connectivity index (χ0v) is 9.51. The van der Waals surface area contributed by atoms with Crippen LogP contribution in [0, 0.1) is 0 Å². The molecule has 16 heavy (non-hydrogen) atoms. The maximum absolute atomic E-state index is 5.74. The molecule has 0 saturated heterocycles. The molecule has 2 rings (SSSR count). The van der Waals surface area contributed by atoms with Crippen LogP contribution in [0.15, 0.2) is 42.6 Å². The van der Waals surface area contributed by atoms with Crippen LogP contribution < -0.4 is 10.6 Å². The average molecular weight is 213 g/mol. The van der Waals surface area contributed by atoms with Crippen LogP contribution in [0.5, 0.6) is 0 Å². The molecular formula is C13H15N3. The molecule has 0 aliphatic heterocycles. The van der Waals surface area contributed by atoms with Gasteiger partial charge in [-0.3, -0.25) is 4.98 Å². The molecule has 0 fully saturated rings. The third-order valence-corrected chi connectivity index (χ3v) is 2.44. The number of hydrogen-bond donors (Lipinski definition) is 1. The number of hydrogen-bond acceptors (Lipinski definition) is 3. The van der Waals surface area contributed by atoms with Gasteiger partial charge in [-0.05, 0) is 24.3 Å². The molecular weight excluding hydrogens is 198 g/mol. The maximum atomic E-state index is 5.74. The highest BCUT2D eigenvalue weighted by atomic mass is 15.1. The highest BCUT2D eigenvalue weighted by Crippen LogP contribution is 2.23. The Morgan fingerprint density at radius 3 is 2.62 bits per heavy atom. The fourth-order valence-corrected chi connectivity index (χ4v) is 1.55. The third-order valence-electron chi connectivity index (χ3n) is 2.44. The molecule has 2 aromatic rings. The Bertz CT molecular complexity index is 492. The highest BCUT2D eigenvalue weighted by Gasteiger charge is 2.01. The Kier molecular flexibility index (Phi) is 2.77. The zero-order chi connectivity index (χ0) is 11.5. The van der Waals surface area contributed by atoms with Gasteiger partial charge in [-0.25, -0.2) is 0 Å². The van der Waals surface area contributed by atoms with E-state index in [4.69, 9.17) is 5.73 Å². The van der Waals surface area contributed by atoms with Crippen LogP contribution in [0.4, 0.5) is 11.4 Å². The molecule has 3 heteroatoms. The Morgan fingerprint density at radius 2 is 1.94 bits per heavy atom. The van der Waals surface area contributed by atoms with Crippen molar-refractivity contribution in [1.82, 2.24) is 4.98 Å². The average Bonchev–Trinajstić information content (AvgIpc) is 2.29. The van der Waals surface area contributed by atoms with Crippen LogP contribution >= 0.6 is 0 Å². The molecule has 1 heterocycles. The normalized spacial score (nSPS) is 10.1. The molecule has 1 aromatic carbocycles. The van der Waals surface area contributed by atoms with Gasteiger partial charge in [0.25, 0.3) is 0 Å². The summed E-state index contributed by atoms with van der Waals surface area (Å²) in [6.07, 6.45) is 1.73. The van der Waals surface area contributed by atoms with E-state index in [2.05, 4.69) is 22.0 Å². The number of anilines is 2. The molecule has 82 valence electrons. The zero-order valence-electron chi connectivity index (χ0n) is 9.51. The second-order valence-corrected chi connectivity index (χ2v) is 3.92. The first-order valence-electron chi connectivity index (χ1n) is 5.16. The van der Waals surface area contributed by atoms with Gasteiger partial charge in [0.2, 0.25) is 0 Å². The number of pyridine rings is 1. The largest absolute Gasteiger partial charge is 0.399 e. The van der Waals surface area contributed by atoms with Gasteiger partial charge < -0.3 is 10.6 Å². The standard InChI is InChI=1S/C13H15N3/c1-16(2)12-5-3-4-10(8-12)13-9-11(14)6-7-15-13/h3-9H,1-2H3,(H2,14,15). The molecule has 0 saturated carbocycles. The van der Waals surface area contributed by atoms with Crippen LogP contribution in [0.1, 0.15) is 0 Å². The van der Waals surface area contributed by atoms with Gasteiger partial charge in [0, 0.05) is 37.2 Å². The summed E-state index contributed by atoms with van der Waals surface area (Å²) >= 11 is 0. The molecule has 0 amide bonds. The van der Waals surface area contributed by atoms with E-state index >= 15 is 0 Å². The summed E-state index contributed by atoms with van der Waals surface area (Å²) in [4.78, 5) is 6.38. The quantitative estimate of drug-likeness (QED) is 0.833. The van der Waals surface area contributed by atoms with E-state index in [-0.39, 0.29) is 0 Å². The Morgan fingerprint density at radius 1 is 1.12 bits per heavy atom. The Labute approximate surface area is 95.5 Å². The lowest BCUT2D eigenvalue weighted by Gasteiger charge is -2.13. The number of nitrogen functional groups attached to an aromatic ring is 1. The summed E-state index contributed by atoms with van der Waals surface area (Å²) in [6.45, 7) is 0. The summed E-state index contributed by atoms with van der Waals surface area (Å²) < 4.78 is 0. The molecule has 3 nitrogen and oxygen atoms in total. The van der Waals surface area contributed by atoms with Crippen molar-refractivity contribution in [2.75, 3.05) is 24.7 Å². The van der Waals surface area contributed by atoms with E-state index in [1.807, 2.05) is 32.3 Å². The first-order chi connectivity index (χ1) is 7.66. The summed E-state index contributed by atoms with van der Waals surface area (Å²) in [5.74, 6) is 0. The fraction of sp³-hybridized carbons (Fsp3) is 0.154. The summed E-state index contributed by atoms with van der Waals surface area (Å²) in [5.41, 5.74) is 9.62. The lowest BCUT2D eigenvalue weighted by molar-refractivity contribution is 1.13. The van der Waals surface area contributed by atoms with Crippen LogP contribution in [0.3, 0.4) is 0 Å². The molecule has 0 bridgehead atoms. The van der Waals surface area contributed by atoms with Gasteiger partial charge in [-0.2, -0.15) is 0 Å². The Balaban J connectivity index is 2.44. The van der Waals surface area contributed by atoms with E-state index < -0.39 is 0 Å². The van der Waals surface area contributed by atoms with Gasteiger partial charge in [0.15, 0.2) is 0 Å². The first-order valence-corrected chi connectivity index (χ1v) is 5.16. The van der Waals surface area contributed by atoms with Crippen molar-refractivity contribution in [3.8, 4) is 11.3 Å². The summed E-state index contributed by atoms with van der Waals surface area (Å²) in [6, 6.07) is 11.9. The molecule has 0 radical (unpaired) electrons. The third kappa shape index (κ3) is 2.14. The summed E-state index contributed by atoms with van der Waals surface area (Å²) in [7, 11) is 4.04. The van der Waals surface area contributed by atoms with Crippen molar-refractivity contribution < 1.29 is 0 Å². The van der Waals surface area contributed by atoms with Gasteiger partial charge in [-0.15, -0.1) is 0 Å². The molecule has 0 atom stereocenters. The van der Waals surface area contributed by atoms with Crippen molar-refractivity contribution >= 4 is 11.4 Å². The minimum Gasteiger partial charge on any atom is -0.399 e. The number of benzene rings is 1. The molecule has 0 spiro atoms. The van der Waals surface area contributed by atoms with Crippen molar-refractivity contribution in [2.24, 2.45) is 0 Å². The molecule has 2 N–H and O–H groups in total. The highest BCUT2D eigenvalue weighted by molar-refractivity contribution is 5.67. The van der Waals surface area contributed by atoms with Gasteiger partial charge in [0.05, 0.1) is 5.69 Å². The van der Waals surface area contributed by atoms with E-state index in [0.29, 0.717) is 0 Å². The van der Waals surface area contributed by atoms with Gasteiger partial charge in [-0.1, -0.05) is 12.1 Å². The topological polar surface area (TPSA) is 42.1 Å². The van der Waals surface area contributed by atoms with E-state index in [9.17, 15) is 0 Å². The molecule has 0 aliphatic carbocycles. The number of nitrogens with two attached hydrogens (primary N) is 1. The van der Waals surface area contributed by atoms with Gasteiger partial charge in [0.1, 0.15) is 0 Å². The van der Waals surface area contributed by atoms with E-state index in [1.54, 1.807) is 12.3 Å². The fourth-order valence-electron chi connectivity index (χ4n) is 1.55. The number of rotatable bonds is 2. The van der Waals surface area contributed by atoms with Crippen molar-refractivity contribution in [1.29, 1.82) is 0 Å². The minimum absolute atomic E-state index is 0.736. The number of aromatic nitrogens is 1. The maximum Gasteiger partial charge on any atom is 0.0723 e. The SMILES string of the molecule is CN(C)c1cccc(-c2cc(N)ccn2)c1. The second kappa shape index (κ2) is 4.23. The molecule has 0 unspecified atom stereocenters. The lowest BCUT2D eigenvalue weighted by Crippen LogP contribution is -2.08. The molecule has 0 aliphatic rings. The van der Waals surface area contributed by atoms with E-state index in [0.717, 1.165) is 22.6 Å². The van der Waals surface area contributed by atoms with Gasteiger partial charge >= 0.3 is 0 Å². The first kappa shape index (κ1) is 10.5. The van der Waals surface area contributed by atoms with Crippen molar-refractivity contribution in [3.05, 3.63) is 42.6 Å². The lowest BCUT2D eigenvalue weighted by atomic mass is 10.1. The van der Waals surface area contributed by atoms with Crippen LogP contribution in [-0.2, 0) is 0 Å².